The van der Waals surface area contributed by atoms with Crippen LogP contribution >= 0.6 is 0 Å². The van der Waals surface area contributed by atoms with Crippen LogP contribution in [0, 0.1) is 6.92 Å². The van der Waals surface area contributed by atoms with Crippen molar-refractivity contribution in [3.63, 3.8) is 0 Å². The fraction of sp³-hybridized carbons (Fsp3) is 0.571. The summed E-state index contributed by atoms with van der Waals surface area (Å²) in [5.74, 6) is 0. The molecule has 0 bridgehead atoms. The molecule has 2 nitrogen and oxygen atoms in total. The van der Waals surface area contributed by atoms with Gasteiger partial charge in [-0.3, -0.25) is 0 Å². The molecule has 1 heterocycles. The zero-order valence-corrected chi connectivity index (χ0v) is 10.00. The Morgan fingerprint density at radius 2 is 1.94 bits per heavy atom. The first-order valence-electron chi connectivity index (χ1n) is 6.16. The van der Waals surface area contributed by atoms with Crippen molar-refractivity contribution in [1.82, 2.24) is 5.32 Å². The summed E-state index contributed by atoms with van der Waals surface area (Å²) in [6, 6.07) is 8.64. The minimum absolute atomic E-state index is 0.0167. The lowest BCUT2D eigenvalue weighted by atomic mass is 9.75. The second-order valence-corrected chi connectivity index (χ2v) is 4.91. The molecule has 1 aliphatic rings. The molecule has 1 saturated heterocycles. The number of rotatable bonds is 2. The average Bonchev–Trinajstić information content (AvgIpc) is 2.56. The maximum Gasteiger partial charge on any atom is 0.0528 e. The van der Waals surface area contributed by atoms with Gasteiger partial charge in [-0.2, -0.15) is 0 Å². The van der Waals surface area contributed by atoms with Crippen LogP contribution in [0.5, 0.6) is 0 Å². The summed E-state index contributed by atoms with van der Waals surface area (Å²) in [5.41, 5.74) is 2.56. The van der Waals surface area contributed by atoms with Crippen LogP contribution in [-0.4, -0.2) is 24.8 Å². The number of nitrogens with one attached hydrogen (secondary N) is 1. The molecule has 0 amide bonds. The number of benzene rings is 1. The molecule has 0 aromatic heterocycles. The maximum atomic E-state index is 9.76. The predicted molar refractivity (Wildman–Crippen MR) is 66.7 cm³/mol. The van der Waals surface area contributed by atoms with Crippen molar-refractivity contribution in [2.75, 3.05) is 19.7 Å². The Hall–Kier alpha value is -0.860. The highest BCUT2D eigenvalue weighted by Crippen LogP contribution is 2.33. The van der Waals surface area contributed by atoms with Crippen LogP contribution in [0.1, 0.15) is 30.4 Å². The van der Waals surface area contributed by atoms with Crippen molar-refractivity contribution >= 4 is 0 Å². The first-order valence-corrected chi connectivity index (χ1v) is 6.16. The molecular formula is C14H21NO. The second-order valence-electron chi connectivity index (χ2n) is 4.91. The van der Waals surface area contributed by atoms with Gasteiger partial charge in [-0.15, -0.1) is 0 Å². The SMILES string of the molecule is Cc1ccc(C2(CO)CCCNCC2)cc1. The number of hydrogen-bond acceptors (Lipinski definition) is 2. The van der Waals surface area contributed by atoms with E-state index >= 15 is 0 Å². The van der Waals surface area contributed by atoms with Crippen LogP contribution in [0.2, 0.25) is 0 Å². The van der Waals surface area contributed by atoms with E-state index in [9.17, 15) is 5.11 Å². The molecule has 88 valence electrons. The molecule has 1 fully saturated rings. The molecule has 0 radical (unpaired) electrons. The van der Waals surface area contributed by atoms with Gasteiger partial charge in [-0.25, -0.2) is 0 Å². The molecule has 16 heavy (non-hydrogen) atoms. The van der Waals surface area contributed by atoms with Gasteiger partial charge in [0.15, 0.2) is 0 Å². The van der Waals surface area contributed by atoms with Crippen molar-refractivity contribution in [2.24, 2.45) is 0 Å². The number of hydrogen-bond donors (Lipinski definition) is 2. The lowest BCUT2D eigenvalue weighted by Gasteiger charge is -2.31. The molecule has 1 aromatic carbocycles. The summed E-state index contributed by atoms with van der Waals surface area (Å²) in [4.78, 5) is 0. The lowest BCUT2D eigenvalue weighted by molar-refractivity contribution is 0.179. The van der Waals surface area contributed by atoms with E-state index in [1.54, 1.807) is 0 Å². The van der Waals surface area contributed by atoms with Crippen molar-refractivity contribution in [1.29, 1.82) is 0 Å². The van der Waals surface area contributed by atoms with Gasteiger partial charge in [0.2, 0.25) is 0 Å². The van der Waals surface area contributed by atoms with Crippen molar-refractivity contribution in [3.05, 3.63) is 35.4 Å². The summed E-state index contributed by atoms with van der Waals surface area (Å²) < 4.78 is 0. The summed E-state index contributed by atoms with van der Waals surface area (Å²) in [5, 5.41) is 13.2. The van der Waals surface area contributed by atoms with Crippen LogP contribution in [-0.2, 0) is 5.41 Å². The molecule has 1 unspecified atom stereocenters. The normalized spacial score (nSPS) is 26.4. The minimum Gasteiger partial charge on any atom is -0.395 e. The topological polar surface area (TPSA) is 32.3 Å². The number of aliphatic hydroxyl groups excluding tert-OH is 1. The largest absolute Gasteiger partial charge is 0.395 e. The third-order valence-corrected chi connectivity index (χ3v) is 3.76. The Labute approximate surface area is 97.7 Å². The van der Waals surface area contributed by atoms with E-state index in [1.807, 2.05) is 0 Å². The highest BCUT2D eigenvalue weighted by Gasteiger charge is 2.31. The summed E-state index contributed by atoms with van der Waals surface area (Å²) in [6.45, 7) is 4.45. The summed E-state index contributed by atoms with van der Waals surface area (Å²) >= 11 is 0. The van der Waals surface area contributed by atoms with Gasteiger partial charge in [0, 0.05) is 5.41 Å². The minimum atomic E-state index is -0.0167. The maximum absolute atomic E-state index is 9.76. The van der Waals surface area contributed by atoms with Gasteiger partial charge in [0.25, 0.3) is 0 Å². The van der Waals surface area contributed by atoms with E-state index in [1.165, 1.54) is 11.1 Å². The Bertz CT molecular complexity index is 323. The molecule has 0 saturated carbocycles. The Balaban J connectivity index is 2.28. The van der Waals surface area contributed by atoms with Gasteiger partial charge < -0.3 is 10.4 Å². The van der Waals surface area contributed by atoms with E-state index in [0.717, 1.165) is 32.4 Å². The van der Waals surface area contributed by atoms with E-state index in [0.29, 0.717) is 0 Å². The fourth-order valence-corrected chi connectivity index (χ4v) is 2.57. The first-order chi connectivity index (χ1) is 7.77. The zero-order chi connectivity index (χ0) is 11.4. The van der Waals surface area contributed by atoms with E-state index in [-0.39, 0.29) is 12.0 Å². The second kappa shape index (κ2) is 4.98. The molecule has 1 aromatic rings. The molecule has 2 heteroatoms. The molecular weight excluding hydrogens is 198 g/mol. The van der Waals surface area contributed by atoms with E-state index in [4.69, 9.17) is 0 Å². The summed E-state index contributed by atoms with van der Waals surface area (Å²) in [6.07, 6.45) is 3.26. The smallest absolute Gasteiger partial charge is 0.0528 e. The van der Waals surface area contributed by atoms with Crippen LogP contribution in [0.25, 0.3) is 0 Å². The van der Waals surface area contributed by atoms with Gasteiger partial charge in [0.1, 0.15) is 0 Å². The van der Waals surface area contributed by atoms with Crippen LogP contribution in [0.4, 0.5) is 0 Å². The summed E-state index contributed by atoms with van der Waals surface area (Å²) in [7, 11) is 0. The molecule has 2 N–H and O–H groups in total. The van der Waals surface area contributed by atoms with Crippen molar-refractivity contribution in [3.8, 4) is 0 Å². The third-order valence-electron chi connectivity index (χ3n) is 3.76. The van der Waals surface area contributed by atoms with Crippen LogP contribution in [0.15, 0.2) is 24.3 Å². The molecule has 0 spiro atoms. The van der Waals surface area contributed by atoms with E-state index in [2.05, 4.69) is 36.5 Å². The van der Waals surface area contributed by atoms with Crippen molar-refractivity contribution < 1.29 is 5.11 Å². The Morgan fingerprint density at radius 3 is 2.62 bits per heavy atom. The average molecular weight is 219 g/mol. The molecule has 0 aliphatic carbocycles. The predicted octanol–water partition coefficient (Wildman–Crippen LogP) is 2.00. The van der Waals surface area contributed by atoms with Gasteiger partial charge in [-0.05, 0) is 44.8 Å². The number of aliphatic hydroxyl groups is 1. The van der Waals surface area contributed by atoms with Gasteiger partial charge >= 0.3 is 0 Å². The molecule has 2 rings (SSSR count). The third kappa shape index (κ3) is 2.28. The number of aryl methyl sites for hydroxylation is 1. The fourth-order valence-electron chi connectivity index (χ4n) is 2.57. The monoisotopic (exact) mass is 219 g/mol. The molecule has 1 aliphatic heterocycles. The zero-order valence-electron chi connectivity index (χ0n) is 10.00. The van der Waals surface area contributed by atoms with Crippen molar-refractivity contribution in [2.45, 2.75) is 31.6 Å². The quantitative estimate of drug-likeness (QED) is 0.797. The van der Waals surface area contributed by atoms with Gasteiger partial charge in [-0.1, -0.05) is 29.8 Å². The lowest BCUT2D eigenvalue weighted by Crippen LogP contribution is -2.31. The highest BCUT2D eigenvalue weighted by molar-refractivity contribution is 5.29. The highest BCUT2D eigenvalue weighted by atomic mass is 16.3. The van der Waals surface area contributed by atoms with Gasteiger partial charge in [0.05, 0.1) is 6.61 Å². The van der Waals surface area contributed by atoms with Crippen LogP contribution in [0.3, 0.4) is 0 Å². The Kier molecular flexibility index (Phi) is 3.62. The van der Waals surface area contributed by atoms with Crippen LogP contribution < -0.4 is 5.32 Å². The Morgan fingerprint density at radius 1 is 1.19 bits per heavy atom. The van der Waals surface area contributed by atoms with E-state index < -0.39 is 0 Å². The standard InChI is InChI=1S/C14H21NO/c1-12-3-5-13(6-4-12)14(11-16)7-2-9-15-10-8-14/h3-6,15-16H,2,7-11H2,1H3. The first kappa shape index (κ1) is 11.6. The molecule has 1 atom stereocenters.